The van der Waals surface area contributed by atoms with E-state index in [0.29, 0.717) is 24.5 Å². The predicted octanol–water partition coefficient (Wildman–Crippen LogP) is 3.52. The first-order chi connectivity index (χ1) is 13.3. The molecule has 1 saturated carbocycles. The standard InChI is InChI=1S/C22H29NO4Si/c1-26-17-9-6-14(12-18(17)27-2)10-11-23-20(24)19-15-7-8-16(13-15)22(19,21(23)25)28(3,4)5/h6-9,12,15-16,19H,10-11,13H2,1-5H3/t15-,16+,19+,22-/m0/s1. The number of carbonyl (C=O) groups excluding carboxylic acids is 2. The Morgan fingerprint density at radius 1 is 1.11 bits per heavy atom. The van der Waals surface area contributed by atoms with Crippen molar-refractivity contribution in [1.82, 2.24) is 4.90 Å². The maximum atomic E-state index is 13.7. The summed E-state index contributed by atoms with van der Waals surface area (Å²) in [5.74, 6) is 1.79. The number of nitrogens with zero attached hydrogens (tertiary/aromatic N) is 1. The molecule has 3 aliphatic rings. The van der Waals surface area contributed by atoms with Crippen LogP contribution in [0.25, 0.3) is 0 Å². The van der Waals surface area contributed by atoms with Crippen molar-refractivity contribution >= 4 is 19.9 Å². The first-order valence-corrected chi connectivity index (χ1v) is 13.5. The van der Waals surface area contributed by atoms with Crippen molar-refractivity contribution in [3.05, 3.63) is 35.9 Å². The van der Waals surface area contributed by atoms with Gasteiger partial charge in [0.2, 0.25) is 11.8 Å². The molecule has 2 bridgehead atoms. The van der Waals surface area contributed by atoms with Crippen molar-refractivity contribution in [2.75, 3.05) is 20.8 Å². The normalized spacial score (nSPS) is 30.9. The molecular formula is C22H29NO4Si. The van der Waals surface area contributed by atoms with Gasteiger partial charge in [0.15, 0.2) is 11.5 Å². The van der Waals surface area contributed by atoms with E-state index in [0.717, 1.165) is 12.0 Å². The van der Waals surface area contributed by atoms with Crippen molar-refractivity contribution in [3.8, 4) is 11.5 Å². The maximum Gasteiger partial charge on any atom is 0.234 e. The van der Waals surface area contributed by atoms with Gasteiger partial charge in [0.1, 0.15) is 0 Å². The molecule has 28 heavy (non-hydrogen) atoms. The molecule has 1 aromatic carbocycles. The molecule has 0 N–H and O–H groups in total. The Labute approximate surface area is 167 Å². The lowest BCUT2D eigenvalue weighted by atomic mass is 9.84. The number of imide groups is 1. The van der Waals surface area contributed by atoms with Crippen LogP contribution in [0.2, 0.25) is 24.7 Å². The third kappa shape index (κ3) is 2.43. The van der Waals surface area contributed by atoms with Crippen molar-refractivity contribution in [3.63, 3.8) is 0 Å². The lowest BCUT2D eigenvalue weighted by Gasteiger charge is -2.43. The number of carbonyl (C=O) groups is 2. The number of likely N-dealkylation sites (tertiary alicyclic amines) is 1. The van der Waals surface area contributed by atoms with Crippen LogP contribution < -0.4 is 9.47 Å². The zero-order valence-corrected chi connectivity index (χ0v) is 18.3. The van der Waals surface area contributed by atoms with E-state index in [1.54, 1.807) is 19.1 Å². The van der Waals surface area contributed by atoms with Crippen LogP contribution >= 0.6 is 0 Å². The van der Waals surface area contributed by atoms with Gasteiger partial charge in [-0.1, -0.05) is 37.9 Å². The Kier molecular flexibility index (Phi) is 4.45. The average Bonchev–Trinajstić information content (AvgIpc) is 3.32. The number of amides is 2. The van der Waals surface area contributed by atoms with Crippen molar-refractivity contribution in [2.24, 2.45) is 17.8 Å². The summed E-state index contributed by atoms with van der Waals surface area (Å²) in [5, 5.41) is -0.457. The largest absolute Gasteiger partial charge is 0.493 e. The number of ether oxygens (including phenoxy) is 2. The molecule has 1 heterocycles. The minimum absolute atomic E-state index is 0.0461. The van der Waals surface area contributed by atoms with E-state index in [1.165, 1.54) is 0 Å². The summed E-state index contributed by atoms with van der Waals surface area (Å²) >= 11 is 0. The molecule has 4 rings (SSSR count). The maximum absolute atomic E-state index is 13.7. The van der Waals surface area contributed by atoms with E-state index >= 15 is 0 Å². The summed E-state index contributed by atoms with van der Waals surface area (Å²) < 4.78 is 10.7. The third-order valence-corrected chi connectivity index (χ3v) is 10.4. The van der Waals surface area contributed by atoms with Crippen LogP contribution in [0.4, 0.5) is 0 Å². The highest BCUT2D eigenvalue weighted by molar-refractivity contribution is 6.83. The summed E-state index contributed by atoms with van der Waals surface area (Å²) in [5.41, 5.74) is 1.03. The Bertz CT molecular complexity index is 859. The molecule has 2 aliphatic carbocycles. The van der Waals surface area contributed by atoms with Crippen molar-refractivity contribution < 1.29 is 19.1 Å². The average molecular weight is 400 g/mol. The number of allylic oxidation sites excluding steroid dienone is 2. The minimum Gasteiger partial charge on any atom is -0.493 e. The summed E-state index contributed by atoms with van der Waals surface area (Å²) in [7, 11) is 1.30. The van der Waals surface area contributed by atoms with Gasteiger partial charge in [0.25, 0.3) is 0 Å². The SMILES string of the molecule is COc1ccc(CCN2C(=O)[C@H]3[C@H]4C=C[C@H](C4)[C@@]3([Si](C)(C)C)C2=O)cc1OC. The molecular weight excluding hydrogens is 370 g/mol. The van der Waals surface area contributed by atoms with Crippen LogP contribution in [-0.4, -0.2) is 45.6 Å². The van der Waals surface area contributed by atoms with Crippen LogP contribution in [0.15, 0.2) is 30.4 Å². The van der Waals surface area contributed by atoms with E-state index in [2.05, 4.69) is 31.8 Å². The van der Waals surface area contributed by atoms with Crippen molar-refractivity contribution in [2.45, 2.75) is 37.5 Å². The minimum atomic E-state index is -1.91. The third-order valence-electron chi connectivity index (χ3n) is 7.06. The van der Waals surface area contributed by atoms with Gasteiger partial charge in [-0.25, -0.2) is 0 Å². The highest BCUT2D eigenvalue weighted by Crippen LogP contribution is 2.69. The molecule has 4 atom stereocenters. The number of hydrogen-bond acceptors (Lipinski definition) is 4. The Morgan fingerprint density at radius 3 is 2.43 bits per heavy atom. The van der Waals surface area contributed by atoms with E-state index in [1.807, 2.05) is 18.2 Å². The second-order valence-corrected chi connectivity index (χ2v) is 14.5. The topological polar surface area (TPSA) is 55.8 Å². The summed E-state index contributed by atoms with van der Waals surface area (Å²) in [6, 6.07) is 5.75. The number of fused-ring (bicyclic) bond motifs is 5. The fraction of sp³-hybridized carbons (Fsp3) is 0.545. The van der Waals surface area contributed by atoms with Crippen LogP contribution in [-0.2, 0) is 16.0 Å². The second kappa shape index (κ2) is 6.48. The molecule has 2 fully saturated rings. The van der Waals surface area contributed by atoms with Gasteiger partial charge in [-0.15, -0.1) is 0 Å². The number of rotatable bonds is 6. The van der Waals surface area contributed by atoms with Gasteiger partial charge in [-0.2, -0.15) is 0 Å². The molecule has 0 unspecified atom stereocenters. The van der Waals surface area contributed by atoms with Gasteiger partial charge in [0, 0.05) is 6.54 Å². The quantitative estimate of drug-likeness (QED) is 0.417. The number of hydrogen-bond donors (Lipinski definition) is 0. The fourth-order valence-corrected chi connectivity index (χ4v) is 9.25. The zero-order chi connectivity index (χ0) is 20.3. The molecule has 1 aromatic rings. The van der Waals surface area contributed by atoms with Gasteiger partial charge >= 0.3 is 0 Å². The van der Waals surface area contributed by atoms with E-state index in [9.17, 15) is 9.59 Å². The van der Waals surface area contributed by atoms with Gasteiger partial charge in [0.05, 0.1) is 33.2 Å². The molecule has 0 spiro atoms. The molecule has 0 radical (unpaired) electrons. The monoisotopic (exact) mass is 399 g/mol. The molecule has 1 saturated heterocycles. The van der Waals surface area contributed by atoms with Crippen LogP contribution in [0.5, 0.6) is 11.5 Å². The van der Waals surface area contributed by atoms with Gasteiger partial charge in [-0.3, -0.25) is 14.5 Å². The summed E-state index contributed by atoms with van der Waals surface area (Å²) in [6.45, 7) is 7.17. The molecule has 0 aromatic heterocycles. The first kappa shape index (κ1) is 19.2. The van der Waals surface area contributed by atoms with Gasteiger partial charge < -0.3 is 9.47 Å². The molecule has 1 aliphatic heterocycles. The molecule has 5 nitrogen and oxygen atoms in total. The summed E-state index contributed by atoms with van der Waals surface area (Å²) in [4.78, 5) is 28.6. The Balaban J connectivity index is 1.59. The summed E-state index contributed by atoms with van der Waals surface area (Å²) in [6.07, 6.45) is 5.98. The van der Waals surface area contributed by atoms with E-state index in [4.69, 9.17) is 9.47 Å². The second-order valence-electron chi connectivity index (χ2n) is 9.22. The van der Waals surface area contributed by atoms with Crippen molar-refractivity contribution in [1.29, 1.82) is 0 Å². The molecule has 150 valence electrons. The number of benzene rings is 1. The number of methoxy groups -OCH3 is 2. The highest BCUT2D eigenvalue weighted by Gasteiger charge is 2.73. The smallest absolute Gasteiger partial charge is 0.234 e. The highest BCUT2D eigenvalue weighted by atomic mass is 28.3. The molecule has 6 heteroatoms. The lowest BCUT2D eigenvalue weighted by molar-refractivity contribution is -0.140. The lowest BCUT2D eigenvalue weighted by Crippen LogP contribution is -2.50. The predicted molar refractivity (Wildman–Crippen MR) is 110 cm³/mol. The van der Waals surface area contributed by atoms with Crippen LogP contribution in [0.3, 0.4) is 0 Å². The Hall–Kier alpha value is -2.08. The molecule has 2 amide bonds. The van der Waals surface area contributed by atoms with E-state index in [-0.39, 0.29) is 29.6 Å². The zero-order valence-electron chi connectivity index (χ0n) is 17.3. The van der Waals surface area contributed by atoms with E-state index < -0.39 is 13.1 Å². The van der Waals surface area contributed by atoms with Gasteiger partial charge in [-0.05, 0) is 42.4 Å². The van der Waals surface area contributed by atoms with Crippen LogP contribution in [0.1, 0.15) is 12.0 Å². The van der Waals surface area contributed by atoms with Crippen LogP contribution in [0, 0.1) is 17.8 Å². The first-order valence-electron chi connectivity index (χ1n) is 10.0. The fourth-order valence-electron chi connectivity index (χ4n) is 5.87. The Morgan fingerprint density at radius 2 is 1.82 bits per heavy atom.